The van der Waals surface area contributed by atoms with E-state index < -0.39 is 5.97 Å². The number of nitrogens with zero attached hydrogens (tertiary/aromatic N) is 1. The van der Waals surface area contributed by atoms with E-state index in [-0.39, 0.29) is 4.88 Å². The smallest absolute Gasteiger partial charge is 0.124 e. The molecule has 0 fully saturated rings. The molecular weight excluding hydrogens is 322 g/mol. The number of rotatable bonds is 5. The zero-order chi connectivity index (χ0) is 17.1. The van der Waals surface area contributed by atoms with Crippen LogP contribution in [0.15, 0.2) is 48.5 Å². The summed E-state index contributed by atoms with van der Waals surface area (Å²) < 4.78 is 5.82. The SMILES string of the molecule is Cc1ccccc1OCc1ccc(-c2nc(C)c(C(=O)[O-])s2)cc1. The largest absolute Gasteiger partial charge is 0.544 e. The van der Waals surface area contributed by atoms with E-state index in [0.717, 1.165) is 33.8 Å². The van der Waals surface area contributed by atoms with E-state index in [9.17, 15) is 9.90 Å². The van der Waals surface area contributed by atoms with Gasteiger partial charge >= 0.3 is 0 Å². The summed E-state index contributed by atoms with van der Waals surface area (Å²) in [5.74, 6) is -0.310. The van der Waals surface area contributed by atoms with Crippen LogP contribution in [-0.2, 0) is 6.61 Å². The third-order valence-corrected chi connectivity index (χ3v) is 4.86. The fraction of sp³-hybridized carbons (Fsp3) is 0.158. The first kappa shape index (κ1) is 16.2. The van der Waals surface area contributed by atoms with Gasteiger partial charge in [-0.1, -0.05) is 42.5 Å². The summed E-state index contributed by atoms with van der Waals surface area (Å²) in [6, 6.07) is 15.7. The summed E-state index contributed by atoms with van der Waals surface area (Å²) in [4.78, 5) is 15.5. The topological polar surface area (TPSA) is 62.2 Å². The van der Waals surface area contributed by atoms with Gasteiger partial charge in [0.25, 0.3) is 0 Å². The normalized spacial score (nSPS) is 10.6. The van der Waals surface area contributed by atoms with Crippen molar-refractivity contribution in [1.82, 2.24) is 4.98 Å². The Labute approximate surface area is 144 Å². The Kier molecular flexibility index (Phi) is 4.62. The summed E-state index contributed by atoms with van der Waals surface area (Å²) in [5, 5.41) is 11.7. The second kappa shape index (κ2) is 6.84. The van der Waals surface area contributed by atoms with Crippen LogP contribution in [0.25, 0.3) is 10.6 Å². The van der Waals surface area contributed by atoms with E-state index in [0.29, 0.717) is 17.3 Å². The molecule has 5 heteroatoms. The fourth-order valence-corrected chi connectivity index (χ4v) is 3.24. The lowest BCUT2D eigenvalue weighted by molar-refractivity contribution is -0.254. The second-order valence-electron chi connectivity index (χ2n) is 5.47. The van der Waals surface area contributed by atoms with Crippen molar-refractivity contribution in [3.8, 4) is 16.3 Å². The number of aryl methyl sites for hydroxylation is 2. The van der Waals surface area contributed by atoms with Crippen molar-refractivity contribution >= 4 is 17.3 Å². The van der Waals surface area contributed by atoms with Gasteiger partial charge in [0.15, 0.2) is 0 Å². The minimum absolute atomic E-state index is 0.178. The van der Waals surface area contributed by atoms with Crippen molar-refractivity contribution in [3.63, 3.8) is 0 Å². The van der Waals surface area contributed by atoms with Gasteiger partial charge < -0.3 is 14.6 Å². The van der Waals surface area contributed by atoms with E-state index in [1.54, 1.807) is 6.92 Å². The number of ether oxygens (including phenoxy) is 1. The lowest BCUT2D eigenvalue weighted by Gasteiger charge is -2.09. The third-order valence-electron chi connectivity index (χ3n) is 3.67. The maximum Gasteiger partial charge on any atom is 0.124 e. The van der Waals surface area contributed by atoms with Crippen molar-refractivity contribution < 1.29 is 14.6 Å². The van der Waals surface area contributed by atoms with Crippen molar-refractivity contribution in [2.45, 2.75) is 20.5 Å². The van der Waals surface area contributed by atoms with Gasteiger partial charge in [0.2, 0.25) is 0 Å². The minimum Gasteiger partial charge on any atom is -0.544 e. The first-order chi connectivity index (χ1) is 11.5. The molecule has 0 radical (unpaired) electrons. The van der Waals surface area contributed by atoms with Crippen LogP contribution >= 0.6 is 11.3 Å². The van der Waals surface area contributed by atoms with Gasteiger partial charge in [0.05, 0.1) is 16.5 Å². The van der Waals surface area contributed by atoms with Crippen molar-refractivity contribution in [2.75, 3.05) is 0 Å². The molecule has 0 saturated carbocycles. The van der Waals surface area contributed by atoms with E-state index in [2.05, 4.69) is 4.98 Å². The summed E-state index contributed by atoms with van der Waals surface area (Å²) in [5.41, 5.74) is 3.51. The van der Waals surface area contributed by atoms with E-state index in [1.807, 2.05) is 55.5 Å². The first-order valence-electron chi connectivity index (χ1n) is 7.51. The van der Waals surface area contributed by atoms with E-state index in [1.165, 1.54) is 0 Å². The Morgan fingerprint density at radius 2 is 1.83 bits per heavy atom. The summed E-state index contributed by atoms with van der Waals surface area (Å²) in [7, 11) is 0. The fourth-order valence-electron chi connectivity index (χ4n) is 2.33. The van der Waals surface area contributed by atoms with Crippen molar-refractivity contribution in [3.05, 3.63) is 70.2 Å². The number of carboxylic acid groups (broad SMARTS) is 1. The Morgan fingerprint density at radius 3 is 2.46 bits per heavy atom. The van der Waals surface area contributed by atoms with Crippen LogP contribution in [0.5, 0.6) is 5.75 Å². The average Bonchev–Trinajstić information content (AvgIpc) is 2.97. The van der Waals surface area contributed by atoms with Crippen LogP contribution in [-0.4, -0.2) is 11.0 Å². The highest BCUT2D eigenvalue weighted by molar-refractivity contribution is 7.17. The molecule has 0 aliphatic carbocycles. The highest BCUT2D eigenvalue weighted by Gasteiger charge is 2.10. The molecule has 0 spiro atoms. The zero-order valence-corrected chi connectivity index (χ0v) is 14.2. The number of aromatic nitrogens is 1. The number of benzene rings is 2. The number of hydrogen-bond acceptors (Lipinski definition) is 5. The standard InChI is InChI=1S/C19H17NO3S/c1-12-5-3-4-6-16(12)23-11-14-7-9-15(10-8-14)18-20-13(2)17(24-18)19(21)22/h3-10H,11H2,1-2H3,(H,21,22)/p-1. The minimum atomic E-state index is -1.18. The summed E-state index contributed by atoms with van der Waals surface area (Å²) >= 11 is 1.13. The zero-order valence-electron chi connectivity index (χ0n) is 13.4. The molecule has 0 amide bonds. The van der Waals surface area contributed by atoms with Gasteiger partial charge in [0, 0.05) is 5.56 Å². The Bertz CT molecular complexity index is 869. The molecule has 0 N–H and O–H groups in total. The summed E-state index contributed by atoms with van der Waals surface area (Å²) in [6.07, 6.45) is 0. The predicted molar refractivity (Wildman–Crippen MR) is 92.1 cm³/mol. The van der Waals surface area contributed by atoms with Crippen molar-refractivity contribution in [1.29, 1.82) is 0 Å². The molecule has 2 aromatic carbocycles. The Morgan fingerprint density at radius 1 is 1.12 bits per heavy atom. The highest BCUT2D eigenvalue weighted by Crippen LogP contribution is 2.28. The molecule has 122 valence electrons. The number of para-hydroxylation sites is 1. The number of aromatic carboxylic acids is 1. The van der Waals surface area contributed by atoms with Gasteiger partial charge in [-0.3, -0.25) is 0 Å². The predicted octanol–water partition coefficient (Wildman–Crippen LogP) is 3.37. The van der Waals surface area contributed by atoms with Crippen LogP contribution < -0.4 is 9.84 Å². The monoisotopic (exact) mass is 338 g/mol. The number of carbonyl (C=O) groups is 1. The van der Waals surface area contributed by atoms with Gasteiger partial charge in [-0.25, -0.2) is 4.98 Å². The maximum absolute atomic E-state index is 11.0. The number of hydrogen-bond donors (Lipinski definition) is 0. The highest BCUT2D eigenvalue weighted by atomic mass is 32.1. The lowest BCUT2D eigenvalue weighted by atomic mass is 10.1. The molecule has 0 bridgehead atoms. The number of carbonyl (C=O) groups excluding carboxylic acids is 1. The van der Waals surface area contributed by atoms with Gasteiger partial charge in [-0.15, -0.1) is 11.3 Å². The first-order valence-corrected chi connectivity index (χ1v) is 8.33. The molecule has 0 unspecified atom stereocenters. The maximum atomic E-state index is 11.0. The molecule has 0 saturated heterocycles. The molecule has 3 rings (SSSR count). The molecule has 24 heavy (non-hydrogen) atoms. The number of carboxylic acids is 1. The quantitative estimate of drug-likeness (QED) is 0.715. The molecular formula is C19H16NO3S-. The Hall–Kier alpha value is -2.66. The average molecular weight is 338 g/mol. The van der Waals surface area contributed by atoms with Crippen LogP contribution in [0.1, 0.15) is 26.5 Å². The Balaban J connectivity index is 1.73. The third kappa shape index (κ3) is 3.46. The molecule has 0 aliphatic heterocycles. The van der Waals surface area contributed by atoms with Gasteiger partial charge in [-0.2, -0.15) is 0 Å². The molecule has 1 aromatic heterocycles. The van der Waals surface area contributed by atoms with Crippen molar-refractivity contribution in [2.24, 2.45) is 0 Å². The van der Waals surface area contributed by atoms with Gasteiger partial charge in [0.1, 0.15) is 17.4 Å². The molecule has 4 nitrogen and oxygen atoms in total. The summed E-state index contributed by atoms with van der Waals surface area (Å²) in [6.45, 7) is 4.17. The molecule has 3 aromatic rings. The number of thiazole rings is 1. The van der Waals surface area contributed by atoms with Crippen LogP contribution in [0, 0.1) is 13.8 Å². The molecule has 0 aliphatic rings. The van der Waals surface area contributed by atoms with Crippen LogP contribution in [0.3, 0.4) is 0 Å². The second-order valence-corrected chi connectivity index (χ2v) is 6.47. The van der Waals surface area contributed by atoms with Gasteiger partial charge in [-0.05, 0) is 31.0 Å². The van der Waals surface area contributed by atoms with Crippen LogP contribution in [0.4, 0.5) is 0 Å². The molecule has 1 heterocycles. The molecule has 0 atom stereocenters. The lowest BCUT2D eigenvalue weighted by Crippen LogP contribution is -2.21. The van der Waals surface area contributed by atoms with E-state index >= 15 is 0 Å². The van der Waals surface area contributed by atoms with E-state index in [4.69, 9.17) is 4.74 Å². The van der Waals surface area contributed by atoms with Crippen LogP contribution in [0.2, 0.25) is 0 Å².